The molecule has 0 bridgehead atoms. The molecular formula is C29H35FN4O3. The molecule has 1 amide bonds. The SMILES string of the molecule is CCc1cc(C(=O)N2CCCCC[C@H]2C)nc2cc(-c3ccc(C4CCC(C(=O)O)CC4)cc3F)nn12. The summed E-state index contributed by atoms with van der Waals surface area (Å²) in [6.07, 6.45) is 7.69. The fourth-order valence-corrected chi connectivity index (χ4v) is 5.92. The number of carbonyl (C=O) groups is 2. The van der Waals surface area contributed by atoms with Crippen molar-refractivity contribution in [2.75, 3.05) is 6.54 Å². The first-order valence-electron chi connectivity index (χ1n) is 13.6. The molecule has 37 heavy (non-hydrogen) atoms. The van der Waals surface area contributed by atoms with E-state index in [0.29, 0.717) is 41.9 Å². The Labute approximate surface area is 216 Å². The number of amides is 1. The largest absolute Gasteiger partial charge is 0.481 e. The van der Waals surface area contributed by atoms with Crippen molar-refractivity contribution in [2.45, 2.75) is 83.6 Å². The highest BCUT2D eigenvalue weighted by Crippen LogP contribution is 2.37. The van der Waals surface area contributed by atoms with Crippen molar-refractivity contribution in [3.63, 3.8) is 0 Å². The molecule has 0 spiro atoms. The van der Waals surface area contributed by atoms with E-state index in [1.54, 1.807) is 22.7 Å². The van der Waals surface area contributed by atoms with Gasteiger partial charge in [-0.1, -0.05) is 25.8 Å². The number of hydrogen-bond donors (Lipinski definition) is 1. The molecule has 0 radical (unpaired) electrons. The highest BCUT2D eigenvalue weighted by Gasteiger charge is 2.28. The van der Waals surface area contributed by atoms with Gasteiger partial charge >= 0.3 is 5.97 Å². The van der Waals surface area contributed by atoms with Crippen LogP contribution in [0.5, 0.6) is 0 Å². The van der Waals surface area contributed by atoms with E-state index in [1.165, 1.54) is 0 Å². The van der Waals surface area contributed by atoms with Crippen molar-refractivity contribution >= 4 is 17.5 Å². The van der Waals surface area contributed by atoms with Gasteiger partial charge < -0.3 is 10.0 Å². The molecule has 8 heteroatoms. The van der Waals surface area contributed by atoms with E-state index in [-0.39, 0.29) is 29.6 Å². The van der Waals surface area contributed by atoms with E-state index in [4.69, 9.17) is 0 Å². The van der Waals surface area contributed by atoms with Crippen molar-refractivity contribution in [1.82, 2.24) is 19.5 Å². The van der Waals surface area contributed by atoms with Gasteiger partial charge in [-0.05, 0) is 81.5 Å². The zero-order valence-electron chi connectivity index (χ0n) is 21.6. The van der Waals surface area contributed by atoms with E-state index >= 15 is 4.39 Å². The highest BCUT2D eigenvalue weighted by molar-refractivity contribution is 5.93. The molecular weight excluding hydrogens is 471 g/mol. The number of likely N-dealkylation sites (tertiary alicyclic amines) is 1. The number of nitrogens with zero attached hydrogens (tertiary/aromatic N) is 4. The lowest BCUT2D eigenvalue weighted by atomic mass is 9.78. The van der Waals surface area contributed by atoms with Gasteiger partial charge in [-0.2, -0.15) is 5.10 Å². The molecule has 1 aliphatic heterocycles. The van der Waals surface area contributed by atoms with Gasteiger partial charge in [-0.3, -0.25) is 9.59 Å². The van der Waals surface area contributed by atoms with Crippen LogP contribution in [0.25, 0.3) is 16.9 Å². The van der Waals surface area contributed by atoms with Crippen LogP contribution in [-0.4, -0.2) is 49.1 Å². The summed E-state index contributed by atoms with van der Waals surface area (Å²) < 4.78 is 17.0. The Morgan fingerprint density at radius 3 is 2.54 bits per heavy atom. The first-order chi connectivity index (χ1) is 17.9. The second kappa shape index (κ2) is 10.6. The second-order valence-corrected chi connectivity index (χ2v) is 10.6. The van der Waals surface area contributed by atoms with Crippen LogP contribution in [0.2, 0.25) is 0 Å². The normalized spacial score (nSPS) is 22.7. The third-order valence-electron chi connectivity index (χ3n) is 8.21. The predicted octanol–water partition coefficient (Wildman–Crippen LogP) is 5.86. The Kier molecular flexibility index (Phi) is 7.26. The van der Waals surface area contributed by atoms with Crippen molar-refractivity contribution in [3.8, 4) is 11.3 Å². The summed E-state index contributed by atoms with van der Waals surface area (Å²) in [5.74, 6) is -1.27. The van der Waals surface area contributed by atoms with Gasteiger partial charge in [-0.15, -0.1) is 0 Å². The van der Waals surface area contributed by atoms with Gasteiger partial charge in [0.05, 0.1) is 11.6 Å². The van der Waals surface area contributed by atoms with Crippen LogP contribution in [0.4, 0.5) is 4.39 Å². The smallest absolute Gasteiger partial charge is 0.306 e. The number of halogens is 1. The Morgan fingerprint density at radius 2 is 1.84 bits per heavy atom. The van der Waals surface area contributed by atoms with Gasteiger partial charge in [-0.25, -0.2) is 13.9 Å². The number of rotatable bonds is 5. The highest BCUT2D eigenvalue weighted by atomic mass is 19.1. The predicted molar refractivity (Wildman–Crippen MR) is 139 cm³/mol. The Morgan fingerprint density at radius 1 is 1.05 bits per heavy atom. The molecule has 1 N–H and O–H groups in total. The summed E-state index contributed by atoms with van der Waals surface area (Å²) in [7, 11) is 0. The van der Waals surface area contributed by atoms with Crippen molar-refractivity contribution in [1.29, 1.82) is 0 Å². The Balaban J connectivity index is 1.42. The average Bonchev–Trinajstić information content (AvgIpc) is 3.21. The van der Waals surface area contributed by atoms with Crippen LogP contribution >= 0.6 is 0 Å². The molecule has 5 rings (SSSR count). The quantitative estimate of drug-likeness (QED) is 0.468. The summed E-state index contributed by atoms with van der Waals surface area (Å²) in [5.41, 5.74) is 3.58. The lowest BCUT2D eigenvalue weighted by Gasteiger charge is -2.27. The number of benzene rings is 1. The molecule has 3 heterocycles. The maximum atomic E-state index is 15.3. The molecule has 1 atom stereocenters. The van der Waals surface area contributed by atoms with Crippen molar-refractivity contribution in [3.05, 3.63) is 53.1 Å². The van der Waals surface area contributed by atoms with Gasteiger partial charge in [0.25, 0.3) is 5.91 Å². The molecule has 196 valence electrons. The van der Waals surface area contributed by atoms with Crippen LogP contribution in [0, 0.1) is 11.7 Å². The number of hydrogen-bond acceptors (Lipinski definition) is 4. The summed E-state index contributed by atoms with van der Waals surface area (Å²) in [5, 5.41) is 13.9. The van der Waals surface area contributed by atoms with Crippen LogP contribution in [0.1, 0.15) is 92.9 Å². The van der Waals surface area contributed by atoms with Crippen molar-refractivity contribution in [2.24, 2.45) is 5.92 Å². The molecule has 0 unspecified atom stereocenters. The van der Waals surface area contributed by atoms with E-state index in [1.807, 2.05) is 24.0 Å². The number of aromatic nitrogens is 3. The lowest BCUT2D eigenvalue weighted by molar-refractivity contribution is -0.142. The molecule has 1 aromatic carbocycles. The minimum Gasteiger partial charge on any atom is -0.481 e. The van der Waals surface area contributed by atoms with Crippen LogP contribution < -0.4 is 0 Å². The van der Waals surface area contributed by atoms with Gasteiger partial charge in [0.2, 0.25) is 0 Å². The third-order valence-corrected chi connectivity index (χ3v) is 8.21. The molecule has 1 saturated carbocycles. The average molecular weight is 507 g/mol. The molecule has 1 saturated heterocycles. The maximum Gasteiger partial charge on any atom is 0.306 e. The zero-order valence-corrected chi connectivity index (χ0v) is 21.6. The summed E-state index contributed by atoms with van der Waals surface area (Å²) in [6, 6.07) is 9.00. The van der Waals surface area contributed by atoms with E-state index in [2.05, 4.69) is 17.0 Å². The minimum atomic E-state index is -0.738. The topological polar surface area (TPSA) is 87.8 Å². The molecule has 2 fully saturated rings. The summed E-state index contributed by atoms with van der Waals surface area (Å²) >= 11 is 0. The van der Waals surface area contributed by atoms with E-state index in [0.717, 1.165) is 56.3 Å². The molecule has 7 nitrogen and oxygen atoms in total. The fraction of sp³-hybridized carbons (Fsp3) is 0.517. The van der Waals surface area contributed by atoms with E-state index in [9.17, 15) is 14.7 Å². The van der Waals surface area contributed by atoms with Crippen LogP contribution in [0.15, 0.2) is 30.3 Å². The minimum absolute atomic E-state index is 0.0532. The maximum absolute atomic E-state index is 15.3. The molecule has 2 aromatic heterocycles. The number of carboxylic acid groups (broad SMARTS) is 1. The number of aliphatic carboxylic acids is 1. The van der Waals surface area contributed by atoms with Crippen LogP contribution in [-0.2, 0) is 11.2 Å². The standard InChI is InChI=1S/C29H35FN4O3/c1-3-22-16-26(28(35)33-14-6-4-5-7-18(33)2)31-27-17-25(32-34(22)27)23-13-12-21(15-24(23)30)19-8-10-20(11-9-19)29(36)37/h12-13,15-20H,3-11,14H2,1-2H3,(H,36,37)/t18-,19?,20?/m1/s1. The van der Waals surface area contributed by atoms with Gasteiger partial charge in [0.1, 0.15) is 11.5 Å². The summed E-state index contributed by atoms with van der Waals surface area (Å²) in [6.45, 7) is 4.85. The molecule has 3 aromatic rings. The van der Waals surface area contributed by atoms with Gasteiger partial charge in [0.15, 0.2) is 5.65 Å². The zero-order chi connectivity index (χ0) is 26.1. The monoisotopic (exact) mass is 506 g/mol. The third kappa shape index (κ3) is 5.11. The number of carbonyl (C=O) groups excluding carboxylic acids is 1. The Hall–Kier alpha value is -3.29. The van der Waals surface area contributed by atoms with Crippen molar-refractivity contribution < 1.29 is 19.1 Å². The number of aryl methyl sites for hydroxylation is 1. The van der Waals surface area contributed by atoms with Crippen LogP contribution in [0.3, 0.4) is 0 Å². The molecule has 1 aliphatic carbocycles. The lowest BCUT2D eigenvalue weighted by Crippen LogP contribution is -2.38. The number of fused-ring (bicyclic) bond motifs is 1. The second-order valence-electron chi connectivity index (χ2n) is 10.6. The first kappa shape index (κ1) is 25.4. The fourth-order valence-electron chi connectivity index (χ4n) is 5.92. The van der Waals surface area contributed by atoms with Gasteiger partial charge in [0, 0.05) is 29.9 Å². The van der Waals surface area contributed by atoms with E-state index < -0.39 is 5.97 Å². The first-order valence-corrected chi connectivity index (χ1v) is 13.6. The Bertz CT molecular complexity index is 1310. The number of carboxylic acids is 1. The molecule has 2 aliphatic rings. The summed E-state index contributed by atoms with van der Waals surface area (Å²) in [4.78, 5) is 31.2.